The van der Waals surface area contributed by atoms with Crippen molar-refractivity contribution in [3.05, 3.63) is 12.7 Å². The van der Waals surface area contributed by atoms with Crippen LogP contribution in [0.1, 0.15) is 44.9 Å². The lowest BCUT2D eigenvalue weighted by molar-refractivity contribution is -0.139. The monoisotopic (exact) mass is 362 g/mol. The molecule has 7 heteroatoms. The Bertz CT molecular complexity index is 605. The van der Waals surface area contributed by atoms with Crippen molar-refractivity contribution in [3.8, 4) is 6.07 Å². The Labute approximate surface area is 153 Å². The van der Waals surface area contributed by atoms with E-state index in [1.807, 2.05) is 6.07 Å². The Kier molecular flexibility index (Phi) is 5.33. The number of halogens is 1. The van der Waals surface area contributed by atoms with Gasteiger partial charge in [-0.1, -0.05) is 6.08 Å². The van der Waals surface area contributed by atoms with Gasteiger partial charge in [-0.15, -0.1) is 6.58 Å². The van der Waals surface area contributed by atoms with Gasteiger partial charge in [0.15, 0.2) is 0 Å². The van der Waals surface area contributed by atoms with Crippen molar-refractivity contribution in [2.75, 3.05) is 19.6 Å². The van der Waals surface area contributed by atoms with Crippen LogP contribution in [0.2, 0.25) is 0 Å². The number of alkyl halides is 1. The number of likely N-dealkylation sites (tertiary alicyclic amines) is 1. The molecule has 0 unspecified atom stereocenters. The summed E-state index contributed by atoms with van der Waals surface area (Å²) in [7, 11) is 0. The molecule has 0 aromatic rings. The number of fused-ring (bicyclic) bond motifs is 3. The van der Waals surface area contributed by atoms with Crippen LogP contribution in [0.25, 0.3) is 0 Å². The SMILES string of the molecule is C=CCNC(=O)C12CCC(NCC(=O)N3C[C@@H](F)C[C@H]3C#N)(CC1)CC2. The molecule has 3 saturated carbocycles. The Morgan fingerprint density at radius 1 is 1.27 bits per heavy atom. The number of nitrogens with one attached hydrogen (secondary N) is 2. The summed E-state index contributed by atoms with van der Waals surface area (Å²) in [6.07, 6.45) is 5.69. The molecule has 1 saturated heterocycles. The van der Waals surface area contributed by atoms with Gasteiger partial charge in [0.05, 0.1) is 19.2 Å². The first-order valence-electron chi connectivity index (χ1n) is 9.41. The lowest BCUT2D eigenvalue weighted by Gasteiger charge is -2.52. The number of nitrogens with zero attached hydrogens (tertiary/aromatic N) is 2. The van der Waals surface area contributed by atoms with Crippen molar-refractivity contribution in [1.29, 1.82) is 5.26 Å². The van der Waals surface area contributed by atoms with Crippen LogP contribution in [0.5, 0.6) is 0 Å². The Hall–Kier alpha value is -1.94. The Morgan fingerprint density at radius 2 is 1.92 bits per heavy atom. The number of amides is 2. The van der Waals surface area contributed by atoms with Crippen molar-refractivity contribution < 1.29 is 14.0 Å². The van der Waals surface area contributed by atoms with Crippen molar-refractivity contribution >= 4 is 11.8 Å². The van der Waals surface area contributed by atoms with Crippen molar-refractivity contribution in [1.82, 2.24) is 15.5 Å². The number of carbonyl (C=O) groups excluding carboxylic acids is 2. The smallest absolute Gasteiger partial charge is 0.237 e. The molecule has 0 spiro atoms. The van der Waals surface area contributed by atoms with Gasteiger partial charge in [0.25, 0.3) is 0 Å². The summed E-state index contributed by atoms with van der Waals surface area (Å²) in [5.74, 6) is -0.0955. The second kappa shape index (κ2) is 7.36. The zero-order valence-corrected chi connectivity index (χ0v) is 15.1. The minimum atomic E-state index is -1.11. The maximum atomic E-state index is 13.5. The Balaban J connectivity index is 1.53. The molecule has 26 heavy (non-hydrogen) atoms. The van der Waals surface area contributed by atoms with E-state index in [-0.39, 0.29) is 42.3 Å². The molecular weight excluding hydrogens is 335 g/mol. The summed E-state index contributed by atoms with van der Waals surface area (Å²) < 4.78 is 13.5. The van der Waals surface area contributed by atoms with Gasteiger partial charge in [0.2, 0.25) is 11.8 Å². The maximum Gasteiger partial charge on any atom is 0.237 e. The first-order valence-corrected chi connectivity index (χ1v) is 9.41. The van der Waals surface area contributed by atoms with Crippen LogP contribution >= 0.6 is 0 Å². The number of hydrogen-bond acceptors (Lipinski definition) is 4. The van der Waals surface area contributed by atoms with E-state index in [2.05, 4.69) is 17.2 Å². The molecule has 2 N–H and O–H groups in total. The van der Waals surface area contributed by atoms with Crippen LogP contribution in [0.4, 0.5) is 4.39 Å². The second-order valence-electron chi connectivity index (χ2n) is 7.94. The molecule has 2 atom stereocenters. The highest BCUT2D eigenvalue weighted by atomic mass is 19.1. The van der Waals surface area contributed by atoms with Gasteiger partial charge in [-0.3, -0.25) is 9.59 Å². The third-order valence-electron chi connectivity index (χ3n) is 6.47. The number of nitriles is 1. The van der Waals surface area contributed by atoms with E-state index < -0.39 is 12.2 Å². The summed E-state index contributed by atoms with van der Waals surface area (Å²) >= 11 is 0. The maximum absolute atomic E-state index is 13.5. The average molecular weight is 362 g/mol. The molecule has 6 nitrogen and oxygen atoms in total. The number of carbonyl (C=O) groups is 2. The number of hydrogen-bond donors (Lipinski definition) is 2. The molecule has 4 aliphatic rings. The molecule has 3 aliphatic carbocycles. The zero-order valence-electron chi connectivity index (χ0n) is 15.1. The van der Waals surface area contributed by atoms with Crippen LogP contribution in [0.15, 0.2) is 12.7 Å². The molecule has 4 rings (SSSR count). The fourth-order valence-corrected chi connectivity index (χ4v) is 4.69. The third kappa shape index (κ3) is 3.48. The van der Waals surface area contributed by atoms with E-state index in [0.717, 1.165) is 38.5 Å². The van der Waals surface area contributed by atoms with Crippen molar-refractivity contribution in [2.45, 2.75) is 62.7 Å². The number of rotatable bonds is 6. The van der Waals surface area contributed by atoms with E-state index in [1.165, 1.54) is 4.90 Å². The lowest BCUT2D eigenvalue weighted by atomic mass is 9.57. The second-order valence-corrected chi connectivity index (χ2v) is 7.94. The van der Waals surface area contributed by atoms with Crippen LogP contribution in [-0.2, 0) is 9.59 Å². The summed E-state index contributed by atoms with van der Waals surface area (Å²) in [4.78, 5) is 26.3. The highest BCUT2D eigenvalue weighted by molar-refractivity contribution is 5.83. The predicted octanol–water partition coefficient (Wildman–Crippen LogP) is 1.43. The van der Waals surface area contributed by atoms with Crippen molar-refractivity contribution in [3.63, 3.8) is 0 Å². The van der Waals surface area contributed by atoms with Gasteiger partial charge in [-0.05, 0) is 38.5 Å². The van der Waals surface area contributed by atoms with Crippen LogP contribution < -0.4 is 10.6 Å². The summed E-state index contributed by atoms with van der Waals surface area (Å²) in [6.45, 7) is 4.26. The minimum Gasteiger partial charge on any atom is -0.352 e. The molecule has 0 aromatic carbocycles. The molecule has 1 heterocycles. The predicted molar refractivity (Wildman–Crippen MR) is 94.7 cm³/mol. The lowest BCUT2D eigenvalue weighted by Crippen LogP contribution is -2.60. The van der Waals surface area contributed by atoms with E-state index in [9.17, 15) is 14.0 Å². The van der Waals surface area contributed by atoms with Gasteiger partial charge in [0, 0.05) is 23.9 Å². The van der Waals surface area contributed by atoms with Gasteiger partial charge in [-0.25, -0.2) is 4.39 Å². The van der Waals surface area contributed by atoms with Gasteiger partial charge in [-0.2, -0.15) is 5.26 Å². The minimum absolute atomic E-state index is 0.0122. The molecule has 1 aliphatic heterocycles. The summed E-state index contributed by atoms with van der Waals surface area (Å²) in [5.41, 5.74) is -0.397. The van der Waals surface area contributed by atoms with E-state index >= 15 is 0 Å². The molecule has 0 radical (unpaired) electrons. The van der Waals surface area contributed by atoms with E-state index in [4.69, 9.17) is 5.26 Å². The van der Waals surface area contributed by atoms with E-state index in [1.54, 1.807) is 6.08 Å². The third-order valence-corrected chi connectivity index (χ3v) is 6.47. The fraction of sp³-hybridized carbons (Fsp3) is 0.737. The fourth-order valence-electron chi connectivity index (χ4n) is 4.69. The summed E-state index contributed by atoms with van der Waals surface area (Å²) in [6, 6.07) is 1.36. The van der Waals surface area contributed by atoms with Crippen LogP contribution in [-0.4, -0.2) is 54.1 Å². The molecule has 0 aromatic heterocycles. The topological polar surface area (TPSA) is 85.2 Å². The van der Waals surface area contributed by atoms with Crippen LogP contribution in [0.3, 0.4) is 0 Å². The zero-order chi connectivity index (χ0) is 18.8. The van der Waals surface area contributed by atoms with Gasteiger partial charge < -0.3 is 15.5 Å². The van der Waals surface area contributed by atoms with Gasteiger partial charge in [0.1, 0.15) is 12.2 Å². The molecule has 142 valence electrons. The average Bonchev–Trinajstić information content (AvgIpc) is 3.06. The highest BCUT2D eigenvalue weighted by Gasteiger charge is 2.52. The Morgan fingerprint density at radius 3 is 2.50 bits per heavy atom. The molecular formula is C19H27FN4O2. The first-order chi connectivity index (χ1) is 12.4. The normalized spacial score (nSPS) is 35.8. The molecule has 2 amide bonds. The highest BCUT2D eigenvalue weighted by Crippen LogP contribution is 2.52. The van der Waals surface area contributed by atoms with Crippen LogP contribution in [0, 0.1) is 16.7 Å². The largest absolute Gasteiger partial charge is 0.352 e. The molecule has 2 bridgehead atoms. The quantitative estimate of drug-likeness (QED) is 0.700. The summed E-state index contributed by atoms with van der Waals surface area (Å²) in [5, 5.41) is 15.4. The van der Waals surface area contributed by atoms with Crippen molar-refractivity contribution in [2.24, 2.45) is 5.41 Å². The first kappa shape index (κ1) is 18.8. The van der Waals surface area contributed by atoms with Gasteiger partial charge >= 0.3 is 0 Å². The van der Waals surface area contributed by atoms with E-state index in [0.29, 0.717) is 6.54 Å². The molecule has 4 fully saturated rings. The standard InChI is InChI=1S/C19H27FN4O2/c1-2-9-22-17(26)18-3-6-19(7-4-18,8-5-18)23-12-16(25)24-13-14(20)10-15(24)11-21/h2,14-15,23H,1,3-10,12-13H2,(H,22,26)/t14-,15-,18?,19?/m0/s1.